The number of carbonyl (C=O) groups excluding carboxylic acids is 4. The normalized spacial score (nSPS) is 11.8. The second-order valence-electron chi connectivity index (χ2n) is 7.95. The van der Waals surface area contributed by atoms with Crippen LogP contribution >= 0.6 is 0 Å². The lowest BCUT2D eigenvalue weighted by Gasteiger charge is -2.23. The summed E-state index contributed by atoms with van der Waals surface area (Å²) in [6.07, 6.45) is 1.09. The molecular formula is C26H30O6. The van der Waals surface area contributed by atoms with E-state index in [0.717, 1.165) is 0 Å². The van der Waals surface area contributed by atoms with Crippen molar-refractivity contribution in [2.45, 2.75) is 64.6 Å². The molecule has 32 heavy (non-hydrogen) atoms. The van der Waals surface area contributed by atoms with Gasteiger partial charge in [0.25, 0.3) is 0 Å². The molecule has 2 N–H and O–H groups in total. The molecular weight excluding hydrogens is 408 g/mol. The third-order valence-corrected chi connectivity index (χ3v) is 6.21. The van der Waals surface area contributed by atoms with E-state index in [0.29, 0.717) is 0 Å². The molecule has 0 amide bonds. The molecule has 0 aromatic heterocycles. The smallest absolute Gasteiger partial charge is 0.233 e. The fourth-order valence-electron chi connectivity index (χ4n) is 3.49. The topological polar surface area (TPSA) is 109 Å². The molecule has 2 aromatic rings. The van der Waals surface area contributed by atoms with Crippen LogP contribution in [-0.2, 0) is 0 Å². The molecule has 0 saturated carbocycles. The Kier molecular flexibility index (Phi) is 7.99. The number of hydrogen-bond donors (Lipinski definition) is 2. The van der Waals surface area contributed by atoms with Crippen molar-refractivity contribution in [3.05, 3.63) is 70.8 Å². The first-order valence-electron chi connectivity index (χ1n) is 10.9. The molecule has 0 spiro atoms. The standard InChI is InChI=1S/C26H30O6/c1-5-25(31,6-2)23(29)19-13-9-17(10-14-19)21(27)22(28)18-11-15-20(16-12-18)24(30)26(32,7-3)8-4/h9-16,31-32H,5-8H2,1-4H3. The van der Waals surface area contributed by atoms with Crippen LogP contribution in [-0.4, -0.2) is 44.5 Å². The first-order chi connectivity index (χ1) is 15.1. The summed E-state index contributed by atoms with van der Waals surface area (Å²) in [5, 5.41) is 20.8. The van der Waals surface area contributed by atoms with E-state index in [1.54, 1.807) is 27.7 Å². The monoisotopic (exact) mass is 438 g/mol. The van der Waals surface area contributed by atoms with Crippen molar-refractivity contribution in [1.29, 1.82) is 0 Å². The van der Waals surface area contributed by atoms with E-state index in [1.807, 2.05) is 0 Å². The molecule has 0 fully saturated rings. The fourth-order valence-corrected chi connectivity index (χ4v) is 3.49. The minimum Gasteiger partial charge on any atom is -0.382 e. The average molecular weight is 439 g/mol. The highest BCUT2D eigenvalue weighted by molar-refractivity contribution is 6.49. The van der Waals surface area contributed by atoms with Crippen LogP contribution < -0.4 is 0 Å². The molecule has 0 aliphatic rings. The molecule has 2 aromatic carbocycles. The lowest BCUT2D eigenvalue weighted by Crippen LogP contribution is -2.37. The van der Waals surface area contributed by atoms with Crippen LogP contribution in [0.3, 0.4) is 0 Å². The molecule has 0 atom stereocenters. The van der Waals surface area contributed by atoms with E-state index < -0.39 is 34.3 Å². The molecule has 0 bridgehead atoms. The number of benzene rings is 2. The molecule has 0 unspecified atom stereocenters. The maximum absolute atomic E-state index is 12.6. The highest BCUT2D eigenvalue weighted by Gasteiger charge is 2.33. The van der Waals surface area contributed by atoms with Crippen molar-refractivity contribution < 1.29 is 29.4 Å². The van der Waals surface area contributed by atoms with Gasteiger partial charge in [0.2, 0.25) is 11.6 Å². The van der Waals surface area contributed by atoms with Crippen LogP contribution in [0.15, 0.2) is 48.5 Å². The van der Waals surface area contributed by atoms with Gasteiger partial charge in [-0.3, -0.25) is 19.2 Å². The Labute approximate surface area is 188 Å². The zero-order valence-corrected chi connectivity index (χ0v) is 19.0. The Morgan fingerprint density at radius 3 is 0.969 bits per heavy atom. The van der Waals surface area contributed by atoms with Crippen LogP contribution in [0.4, 0.5) is 0 Å². The molecule has 6 nitrogen and oxygen atoms in total. The van der Waals surface area contributed by atoms with Gasteiger partial charge in [0.1, 0.15) is 11.2 Å². The van der Waals surface area contributed by atoms with E-state index in [-0.39, 0.29) is 47.9 Å². The minimum absolute atomic E-state index is 0.120. The zero-order chi connectivity index (χ0) is 24.1. The summed E-state index contributed by atoms with van der Waals surface area (Å²) in [6.45, 7) is 6.90. The molecule has 2 rings (SSSR count). The van der Waals surface area contributed by atoms with Gasteiger partial charge in [0.05, 0.1) is 0 Å². The van der Waals surface area contributed by atoms with E-state index in [2.05, 4.69) is 0 Å². The third-order valence-electron chi connectivity index (χ3n) is 6.21. The van der Waals surface area contributed by atoms with Gasteiger partial charge < -0.3 is 10.2 Å². The number of hydrogen-bond acceptors (Lipinski definition) is 6. The van der Waals surface area contributed by atoms with Gasteiger partial charge in [0.15, 0.2) is 11.6 Å². The number of carbonyl (C=O) groups is 4. The summed E-state index contributed by atoms with van der Waals surface area (Å²) in [5.41, 5.74) is -2.14. The van der Waals surface area contributed by atoms with E-state index >= 15 is 0 Å². The number of rotatable bonds is 11. The van der Waals surface area contributed by atoms with Crippen molar-refractivity contribution in [3.8, 4) is 0 Å². The van der Waals surface area contributed by atoms with Crippen LogP contribution in [0.2, 0.25) is 0 Å². The SMILES string of the molecule is CCC(O)(CC)C(=O)c1ccc(C(=O)C(=O)c2ccc(C(=O)C(O)(CC)CC)cc2)cc1. The largest absolute Gasteiger partial charge is 0.382 e. The first-order valence-corrected chi connectivity index (χ1v) is 10.9. The Bertz CT molecular complexity index is 910. The maximum Gasteiger partial charge on any atom is 0.233 e. The van der Waals surface area contributed by atoms with E-state index in [1.165, 1.54) is 48.5 Å². The summed E-state index contributed by atoms with van der Waals surface area (Å²) < 4.78 is 0. The molecule has 0 radical (unpaired) electrons. The van der Waals surface area contributed by atoms with Crippen LogP contribution in [0.1, 0.15) is 94.8 Å². The molecule has 0 saturated heterocycles. The lowest BCUT2D eigenvalue weighted by molar-refractivity contribution is 0.0277. The Hall–Kier alpha value is -2.96. The Balaban J connectivity index is 2.20. The van der Waals surface area contributed by atoms with Crippen LogP contribution in [0.5, 0.6) is 0 Å². The maximum atomic E-state index is 12.6. The number of ketones is 4. The second-order valence-corrected chi connectivity index (χ2v) is 7.95. The predicted octanol–water partition coefficient (Wildman–Crippen LogP) is 4.22. The molecule has 170 valence electrons. The number of Topliss-reactive ketones (excluding diaryl/α,β-unsaturated/α-hetero) is 4. The zero-order valence-electron chi connectivity index (χ0n) is 19.0. The summed E-state index contributed by atoms with van der Waals surface area (Å²) in [4.78, 5) is 50.3. The Morgan fingerprint density at radius 2 is 0.750 bits per heavy atom. The molecule has 0 aliphatic carbocycles. The van der Waals surface area contributed by atoms with Crippen LogP contribution in [0.25, 0.3) is 0 Å². The number of aliphatic hydroxyl groups is 2. The van der Waals surface area contributed by atoms with Gasteiger partial charge in [-0.2, -0.15) is 0 Å². The summed E-state index contributed by atoms with van der Waals surface area (Å²) in [7, 11) is 0. The van der Waals surface area contributed by atoms with Crippen molar-refractivity contribution in [3.63, 3.8) is 0 Å². The quantitative estimate of drug-likeness (QED) is 0.402. The molecule has 0 aliphatic heterocycles. The van der Waals surface area contributed by atoms with Gasteiger partial charge in [0, 0.05) is 22.3 Å². The molecule has 6 heteroatoms. The van der Waals surface area contributed by atoms with E-state index in [4.69, 9.17) is 0 Å². The van der Waals surface area contributed by atoms with Crippen molar-refractivity contribution in [2.75, 3.05) is 0 Å². The lowest BCUT2D eigenvalue weighted by atomic mass is 9.87. The van der Waals surface area contributed by atoms with Crippen molar-refractivity contribution in [1.82, 2.24) is 0 Å². The van der Waals surface area contributed by atoms with Crippen LogP contribution in [0, 0.1) is 0 Å². The first kappa shape index (κ1) is 25.3. The minimum atomic E-state index is -1.46. The van der Waals surface area contributed by atoms with Gasteiger partial charge in [-0.05, 0) is 25.7 Å². The third kappa shape index (κ3) is 4.92. The summed E-state index contributed by atoms with van der Waals surface area (Å²) >= 11 is 0. The predicted molar refractivity (Wildman–Crippen MR) is 121 cm³/mol. The summed E-state index contributed by atoms with van der Waals surface area (Å²) in [6, 6.07) is 11.3. The summed E-state index contributed by atoms with van der Waals surface area (Å²) in [5.74, 6) is -2.34. The van der Waals surface area contributed by atoms with E-state index in [9.17, 15) is 29.4 Å². The van der Waals surface area contributed by atoms with Gasteiger partial charge in [-0.25, -0.2) is 0 Å². The molecule has 0 heterocycles. The van der Waals surface area contributed by atoms with Gasteiger partial charge >= 0.3 is 0 Å². The van der Waals surface area contributed by atoms with Crippen molar-refractivity contribution >= 4 is 23.1 Å². The van der Waals surface area contributed by atoms with Gasteiger partial charge in [-0.15, -0.1) is 0 Å². The fraction of sp³-hybridized carbons (Fsp3) is 0.385. The Morgan fingerprint density at radius 1 is 0.531 bits per heavy atom. The average Bonchev–Trinajstić information content (AvgIpc) is 2.86. The highest BCUT2D eigenvalue weighted by Crippen LogP contribution is 2.23. The van der Waals surface area contributed by atoms with Crippen molar-refractivity contribution in [2.24, 2.45) is 0 Å². The second kappa shape index (κ2) is 10.1. The highest BCUT2D eigenvalue weighted by atomic mass is 16.3. The van der Waals surface area contributed by atoms with Gasteiger partial charge in [-0.1, -0.05) is 76.2 Å².